The summed E-state index contributed by atoms with van der Waals surface area (Å²) in [6, 6.07) is 1.59. The second-order valence-corrected chi connectivity index (χ2v) is 8.14. The third-order valence-corrected chi connectivity index (χ3v) is 5.03. The monoisotopic (exact) mass is 367 g/mol. The number of aliphatic imine (C=N–C) groups is 1. The fraction of sp³-hybridized carbons (Fsp3) is 0.900. The van der Waals surface area contributed by atoms with Crippen LogP contribution in [-0.2, 0) is 4.79 Å². The van der Waals surface area contributed by atoms with Crippen molar-refractivity contribution in [2.75, 3.05) is 33.7 Å². The van der Waals surface area contributed by atoms with Crippen LogP contribution in [0.2, 0.25) is 0 Å². The Kier molecular flexibility index (Phi) is 10.6. The van der Waals surface area contributed by atoms with E-state index in [9.17, 15) is 4.79 Å². The first-order chi connectivity index (χ1) is 12.3. The molecule has 0 aliphatic heterocycles. The Morgan fingerprint density at radius 3 is 2.23 bits per heavy atom. The van der Waals surface area contributed by atoms with Crippen molar-refractivity contribution < 1.29 is 4.79 Å². The number of hydrogen-bond donors (Lipinski definition) is 2. The topological polar surface area (TPSA) is 60.0 Å². The van der Waals surface area contributed by atoms with Crippen LogP contribution in [0.15, 0.2) is 4.99 Å². The molecule has 26 heavy (non-hydrogen) atoms. The summed E-state index contributed by atoms with van der Waals surface area (Å²) in [7, 11) is 3.54. The van der Waals surface area contributed by atoms with Crippen molar-refractivity contribution in [2.45, 2.75) is 84.3 Å². The lowest BCUT2D eigenvalue weighted by atomic mass is 9.96. The molecule has 0 radical (unpaired) electrons. The molecule has 6 nitrogen and oxygen atoms in total. The van der Waals surface area contributed by atoms with E-state index in [4.69, 9.17) is 0 Å². The van der Waals surface area contributed by atoms with Crippen molar-refractivity contribution >= 4 is 11.9 Å². The van der Waals surface area contributed by atoms with Crippen LogP contribution >= 0.6 is 0 Å². The zero-order valence-corrected chi connectivity index (χ0v) is 17.8. The van der Waals surface area contributed by atoms with E-state index in [0.717, 1.165) is 25.5 Å². The van der Waals surface area contributed by atoms with Crippen molar-refractivity contribution in [1.29, 1.82) is 0 Å². The summed E-state index contributed by atoms with van der Waals surface area (Å²) >= 11 is 0. The van der Waals surface area contributed by atoms with E-state index in [1.165, 1.54) is 32.1 Å². The van der Waals surface area contributed by atoms with Gasteiger partial charge >= 0.3 is 0 Å². The summed E-state index contributed by atoms with van der Waals surface area (Å²) in [5.74, 6) is 0.813. The Morgan fingerprint density at radius 2 is 1.69 bits per heavy atom. The van der Waals surface area contributed by atoms with E-state index in [2.05, 4.69) is 48.2 Å². The van der Waals surface area contributed by atoms with Gasteiger partial charge in [0.2, 0.25) is 5.91 Å². The van der Waals surface area contributed by atoms with Crippen molar-refractivity contribution in [3.05, 3.63) is 0 Å². The molecule has 2 N–H and O–H groups in total. The van der Waals surface area contributed by atoms with Crippen molar-refractivity contribution in [3.8, 4) is 0 Å². The Labute approximate surface area is 160 Å². The number of carbonyl (C=O) groups excluding carboxylic acids is 1. The van der Waals surface area contributed by atoms with Crippen LogP contribution in [0, 0.1) is 0 Å². The van der Waals surface area contributed by atoms with Gasteiger partial charge in [0.25, 0.3) is 0 Å². The molecule has 1 aliphatic carbocycles. The number of guanidine groups is 1. The second kappa shape index (κ2) is 12.2. The van der Waals surface area contributed by atoms with Gasteiger partial charge in [0.15, 0.2) is 5.96 Å². The number of nitrogens with zero attached hydrogens (tertiary/aromatic N) is 3. The Balaban J connectivity index is 2.52. The summed E-state index contributed by atoms with van der Waals surface area (Å²) in [5.41, 5.74) is 0. The van der Waals surface area contributed by atoms with Gasteiger partial charge in [-0.15, -0.1) is 0 Å². The van der Waals surface area contributed by atoms with Gasteiger partial charge in [0.05, 0.1) is 0 Å². The minimum absolute atomic E-state index is 0.0283. The van der Waals surface area contributed by atoms with Crippen LogP contribution in [0.3, 0.4) is 0 Å². The van der Waals surface area contributed by atoms with E-state index in [-0.39, 0.29) is 12.5 Å². The Morgan fingerprint density at radius 1 is 1.08 bits per heavy atom. The maximum Gasteiger partial charge on any atom is 0.243 e. The average Bonchev–Trinajstić information content (AvgIpc) is 2.58. The van der Waals surface area contributed by atoms with E-state index in [1.807, 2.05) is 0 Å². The normalized spacial score (nSPS) is 16.4. The third-order valence-electron chi connectivity index (χ3n) is 5.03. The Bertz CT molecular complexity index is 420. The molecule has 6 heteroatoms. The first-order valence-electron chi connectivity index (χ1n) is 10.3. The quantitative estimate of drug-likeness (QED) is 0.373. The molecular formula is C20H41N5O. The summed E-state index contributed by atoms with van der Waals surface area (Å²) in [6.07, 6.45) is 7.33. The van der Waals surface area contributed by atoms with Gasteiger partial charge in [-0.25, -0.2) is 4.99 Å². The molecule has 1 rings (SSSR count). The second-order valence-electron chi connectivity index (χ2n) is 8.14. The molecule has 1 saturated carbocycles. The van der Waals surface area contributed by atoms with Crippen LogP contribution in [0.4, 0.5) is 0 Å². The largest absolute Gasteiger partial charge is 0.356 e. The summed E-state index contributed by atoms with van der Waals surface area (Å²) in [6.45, 7) is 11.1. The van der Waals surface area contributed by atoms with Crippen LogP contribution in [0.1, 0.15) is 66.2 Å². The number of amides is 1. The highest BCUT2D eigenvalue weighted by molar-refractivity contribution is 5.84. The predicted molar refractivity (Wildman–Crippen MR) is 111 cm³/mol. The molecule has 0 aromatic rings. The molecule has 0 heterocycles. The van der Waals surface area contributed by atoms with Gasteiger partial charge < -0.3 is 15.5 Å². The smallest absolute Gasteiger partial charge is 0.243 e. The fourth-order valence-corrected chi connectivity index (χ4v) is 3.46. The lowest BCUT2D eigenvalue weighted by Crippen LogP contribution is -2.46. The van der Waals surface area contributed by atoms with Gasteiger partial charge in [-0.05, 0) is 47.0 Å². The Hall–Kier alpha value is -1.30. The van der Waals surface area contributed by atoms with Crippen LogP contribution in [0.25, 0.3) is 0 Å². The first-order valence-corrected chi connectivity index (χ1v) is 10.3. The molecule has 1 amide bonds. The molecule has 0 aromatic carbocycles. The van der Waals surface area contributed by atoms with Gasteiger partial charge in [0.1, 0.15) is 6.54 Å². The van der Waals surface area contributed by atoms with Crippen LogP contribution in [-0.4, -0.2) is 73.5 Å². The van der Waals surface area contributed by atoms with Crippen molar-refractivity contribution in [3.63, 3.8) is 0 Å². The third kappa shape index (κ3) is 8.88. The van der Waals surface area contributed by atoms with Gasteiger partial charge in [0, 0.05) is 45.3 Å². The van der Waals surface area contributed by atoms with Gasteiger partial charge in [-0.1, -0.05) is 19.3 Å². The molecule has 0 aromatic heterocycles. The maximum absolute atomic E-state index is 11.9. The molecule has 0 unspecified atom stereocenters. The van der Waals surface area contributed by atoms with E-state index in [1.54, 1.807) is 19.0 Å². The van der Waals surface area contributed by atoms with Crippen LogP contribution < -0.4 is 10.6 Å². The lowest BCUT2D eigenvalue weighted by molar-refractivity contribution is -0.127. The van der Waals surface area contributed by atoms with Crippen molar-refractivity contribution in [2.24, 2.45) is 4.99 Å². The minimum Gasteiger partial charge on any atom is -0.356 e. The summed E-state index contributed by atoms with van der Waals surface area (Å²) in [4.78, 5) is 20.5. The molecular weight excluding hydrogens is 326 g/mol. The number of carbonyl (C=O) groups is 1. The highest BCUT2D eigenvalue weighted by Gasteiger charge is 2.16. The van der Waals surface area contributed by atoms with Gasteiger partial charge in [-0.3, -0.25) is 9.69 Å². The molecule has 0 atom stereocenters. The molecule has 1 fully saturated rings. The fourth-order valence-electron chi connectivity index (χ4n) is 3.46. The average molecular weight is 368 g/mol. The lowest BCUT2D eigenvalue weighted by Gasteiger charge is -2.30. The SMILES string of the molecule is CC(C)N(CCCNC(=NCC(=O)N(C)C)NC1CCCCC1)C(C)C. The standard InChI is InChI=1S/C20H41N5O/c1-16(2)25(17(3)4)14-10-13-21-20(22-15-19(26)24(5)6)23-18-11-8-7-9-12-18/h16-18H,7-15H2,1-6H3,(H2,21,22,23). The van der Waals surface area contributed by atoms with Crippen molar-refractivity contribution in [1.82, 2.24) is 20.4 Å². The maximum atomic E-state index is 11.9. The number of likely N-dealkylation sites (N-methyl/N-ethyl adjacent to an activating group) is 1. The van der Waals surface area contributed by atoms with E-state index >= 15 is 0 Å². The molecule has 0 saturated heterocycles. The first kappa shape index (κ1) is 22.7. The highest BCUT2D eigenvalue weighted by atomic mass is 16.2. The predicted octanol–water partition coefficient (Wildman–Crippen LogP) is 2.45. The molecule has 0 bridgehead atoms. The zero-order chi connectivity index (χ0) is 19.5. The zero-order valence-electron chi connectivity index (χ0n) is 17.8. The highest BCUT2D eigenvalue weighted by Crippen LogP contribution is 2.17. The molecule has 0 spiro atoms. The number of hydrogen-bond acceptors (Lipinski definition) is 3. The van der Waals surface area contributed by atoms with E-state index < -0.39 is 0 Å². The van der Waals surface area contributed by atoms with Gasteiger partial charge in [-0.2, -0.15) is 0 Å². The molecule has 1 aliphatic rings. The summed E-state index contributed by atoms with van der Waals surface area (Å²) < 4.78 is 0. The van der Waals surface area contributed by atoms with E-state index in [0.29, 0.717) is 18.1 Å². The number of nitrogens with one attached hydrogen (secondary N) is 2. The minimum atomic E-state index is 0.0283. The van der Waals surface area contributed by atoms with Crippen LogP contribution in [0.5, 0.6) is 0 Å². The number of rotatable bonds is 9. The molecule has 152 valence electrons. The summed E-state index contributed by atoms with van der Waals surface area (Å²) in [5, 5.41) is 6.97.